The first-order valence-electron chi connectivity index (χ1n) is 10.2. The number of amides is 3. The predicted octanol–water partition coefficient (Wildman–Crippen LogP) is 1.48. The van der Waals surface area contributed by atoms with Crippen LogP contribution in [0.25, 0.3) is 11.1 Å². The molecule has 3 amide bonds. The van der Waals surface area contributed by atoms with Gasteiger partial charge in [0.25, 0.3) is 0 Å². The van der Waals surface area contributed by atoms with Crippen molar-refractivity contribution >= 4 is 23.9 Å². The summed E-state index contributed by atoms with van der Waals surface area (Å²) < 4.78 is 5.42. The van der Waals surface area contributed by atoms with E-state index in [1.165, 1.54) is 0 Å². The Morgan fingerprint density at radius 2 is 1.50 bits per heavy atom. The third-order valence-electron chi connectivity index (χ3n) is 5.20. The van der Waals surface area contributed by atoms with E-state index in [2.05, 4.69) is 28.1 Å². The van der Waals surface area contributed by atoms with Gasteiger partial charge in [0.2, 0.25) is 11.8 Å². The Labute approximate surface area is 185 Å². The molecular weight excluding hydrogens is 414 g/mol. The van der Waals surface area contributed by atoms with Gasteiger partial charge in [0.05, 0.1) is 12.5 Å². The third kappa shape index (κ3) is 5.63. The second kappa shape index (κ2) is 10.4. The predicted molar refractivity (Wildman–Crippen MR) is 116 cm³/mol. The van der Waals surface area contributed by atoms with Crippen molar-refractivity contribution in [3.63, 3.8) is 0 Å². The van der Waals surface area contributed by atoms with Gasteiger partial charge in [-0.25, -0.2) is 4.79 Å². The van der Waals surface area contributed by atoms with Crippen molar-refractivity contribution in [1.29, 1.82) is 0 Å². The first kappa shape index (κ1) is 22.8. The van der Waals surface area contributed by atoms with Crippen molar-refractivity contribution in [3.8, 4) is 11.1 Å². The molecule has 0 aliphatic heterocycles. The molecule has 0 saturated carbocycles. The Balaban J connectivity index is 1.44. The summed E-state index contributed by atoms with van der Waals surface area (Å²) in [4.78, 5) is 46.1. The molecule has 0 heterocycles. The number of rotatable bonds is 9. The summed E-state index contributed by atoms with van der Waals surface area (Å²) in [6.07, 6.45) is -0.634. The highest BCUT2D eigenvalue weighted by Crippen LogP contribution is 2.44. The van der Waals surface area contributed by atoms with Crippen LogP contribution in [0.3, 0.4) is 0 Å². The van der Waals surface area contributed by atoms with E-state index in [0.717, 1.165) is 22.3 Å². The molecule has 2 aromatic rings. The number of fused-ring (bicyclic) bond motifs is 3. The van der Waals surface area contributed by atoms with Crippen LogP contribution in [0.2, 0.25) is 0 Å². The van der Waals surface area contributed by atoms with Crippen LogP contribution in [0.4, 0.5) is 4.79 Å². The number of ether oxygens (including phenoxy) is 1. The summed E-state index contributed by atoms with van der Waals surface area (Å²) in [6.45, 7) is 0.923. The highest BCUT2D eigenvalue weighted by atomic mass is 16.5. The smallest absolute Gasteiger partial charge is 0.407 e. The average Bonchev–Trinajstić information content (AvgIpc) is 3.12. The lowest BCUT2D eigenvalue weighted by molar-refractivity contribution is -0.137. The Kier molecular flexibility index (Phi) is 7.43. The van der Waals surface area contributed by atoms with E-state index in [0.29, 0.717) is 0 Å². The number of benzene rings is 2. The number of alkyl carbamates (subject to hydrolysis) is 1. The fourth-order valence-corrected chi connectivity index (χ4v) is 3.56. The van der Waals surface area contributed by atoms with E-state index in [4.69, 9.17) is 9.84 Å². The molecule has 0 aromatic heterocycles. The van der Waals surface area contributed by atoms with E-state index in [9.17, 15) is 19.2 Å². The van der Waals surface area contributed by atoms with Crippen LogP contribution in [-0.4, -0.2) is 55.2 Å². The number of nitrogens with one attached hydrogen (secondary N) is 3. The molecule has 9 nitrogen and oxygen atoms in total. The van der Waals surface area contributed by atoms with Crippen LogP contribution in [-0.2, 0) is 19.1 Å². The minimum absolute atomic E-state index is 0.0270. The van der Waals surface area contributed by atoms with Crippen molar-refractivity contribution in [2.75, 3.05) is 26.2 Å². The highest BCUT2D eigenvalue weighted by molar-refractivity contribution is 5.87. The molecule has 2 aromatic carbocycles. The number of carboxylic acids is 1. The summed E-state index contributed by atoms with van der Waals surface area (Å²) in [5, 5.41) is 15.6. The molecule has 0 fully saturated rings. The molecule has 1 aliphatic carbocycles. The summed E-state index contributed by atoms with van der Waals surface area (Å²) in [6, 6.07) is 16.0. The van der Waals surface area contributed by atoms with Crippen LogP contribution < -0.4 is 16.0 Å². The van der Waals surface area contributed by atoms with Gasteiger partial charge in [0, 0.05) is 12.5 Å². The number of aliphatic carboxylic acids is 1. The van der Waals surface area contributed by atoms with Crippen LogP contribution in [0.1, 0.15) is 24.0 Å². The molecule has 0 saturated heterocycles. The zero-order valence-electron chi connectivity index (χ0n) is 17.6. The molecule has 0 bridgehead atoms. The van der Waals surface area contributed by atoms with E-state index < -0.39 is 36.3 Å². The van der Waals surface area contributed by atoms with E-state index in [1.807, 2.05) is 36.4 Å². The SMILES string of the molecule is CC(CNC(=O)OCC1c2ccccc2-c2ccccc21)C(=O)NCC(=O)NCC(=O)O. The summed E-state index contributed by atoms with van der Waals surface area (Å²) in [5.74, 6) is -2.90. The second-order valence-electron chi connectivity index (χ2n) is 7.50. The molecule has 1 unspecified atom stereocenters. The van der Waals surface area contributed by atoms with E-state index in [-0.39, 0.29) is 25.6 Å². The van der Waals surface area contributed by atoms with E-state index in [1.54, 1.807) is 6.92 Å². The molecule has 4 N–H and O–H groups in total. The van der Waals surface area contributed by atoms with Crippen molar-refractivity contribution in [2.24, 2.45) is 5.92 Å². The quantitative estimate of drug-likeness (QED) is 0.468. The number of carbonyl (C=O) groups is 4. The van der Waals surface area contributed by atoms with Crippen molar-refractivity contribution in [1.82, 2.24) is 16.0 Å². The number of carbonyl (C=O) groups excluding carboxylic acids is 3. The zero-order valence-corrected chi connectivity index (χ0v) is 17.6. The Morgan fingerprint density at radius 3 is 2.09 bits per heavy atom. The molecule has 168 valence electrons. The molecular formula is C23H25N3O6. The third-order valence-corrected chi connectivity index (χ3v) is 5.20. The minimum Gasteiger partial charge on any atom is -0.480 e. The molecule has 0 spiro atoms. The second-order valence-corrected chi connectivity index (χ2v) is 7.50. The summed E-state index contributed by atoms with van der Waals surface area (Å²) in [5.41, 5.74) is 4.48. The van der Waals surface area contributed by atoms with Gasteiger partial charge in [-0.3, -0.25) is 14.4 Å². The standard InChI is InChI=1S/C23H25N3O6/c1-14(22(30)25-11-20(27)24-12-21(28)29)10-26-23(31)32-13-19-17-8-4-2-6-15(17)16-7-3-5-9-18(16)19/h2-9,14,19H,10-13H2,1H3,(H,24,27)(H,25,30)(H,26,31)(H,28,29). The fraction of sp³-hybridized carbons (Fsp3) is 0.304. The Bertz CT molecular complexity index is 977. The zero-order chi connectivity index (χ0) is 23.1. The van der Waals surface area contributed by atoms with Gasteiger partial charge in [-0.15, -0.1) is 0 Å². The average molecular weight is 439 g/mol. The maximum absolute atomic E-state index is 12.2. The van der Waals surface area contributed by atoms with Crippen molar-refractivity contribution in [3.05, 3.63) is 59.7 Å². The first-order valence-corrected chi connectivity index (χ1v) is 10.2. The largest absolute Gasteiger partial charge is 0.480 e. The summed E-state index contributed by atoms with van der Waals surface area (Å²) >= 11 is 0. The van der Waals surface area contributed by atoms with Gasteiger partial charge >= 0.3 is 12.1 Å². The van der Waals surface area contributed by atoms with Gasteiger partial charge in [0.15, 0.2) is 0 Å². The maximum Gasteiger partial charge on any atom is 0.407 e. The van der Waals surface area contributed by atoms with Gasteiger partial charge < -0.3 is 25.8 Å². The monoisotopic (exact) mass is 439 g/mol. The first-order chi connectivity index (χ1) is 15.4. The van der Waals surface area contributed by atoms with Crippen LogP contribution >= 0.6 is 0 Å². The van der Waals surface area contributed by atoms with Crippen LogP contribution in [0.15, 0.2) is 48.5 Å². The molecule has 1 atom stereocenters. The Hall–Kier alpha value is -3.88. The van der Waals surface area contributed by atoms with Gasteiger partial charge in [0.1, 0.15) is 13.2 Å². The van der Waals surface area contributed by atoms with Crippen molar-refractivity contribution in [2.45, 2.75) is 12.8 Å². The van der Waals surface area contributed by atoms with E-state index >= 15 is 0 Å². The molecule has 9 heteroatoms. The molecule has 0 radical (unpaired) electrons. The van der Waals surface area contributed by atoms with Crippen LogP contribution in [0.5, 0.6) is 0 Å². The lowest BCUT2D eigenvalue weighted by Crippen LogP contribution is -2.43. The van der Waals surface area contributed by atoms with Gasteiger partial charge in [-0.05, 0) is 22.3 Å². The maximum atomic E-state index is 12.2. The molecule has 1 aliphatic rings. The number of hydrogen-bond donors (Lipinski definition) is 4. The van der Waals surface area contributed by atoms with Crippen LogP contribution in [0, 0.1) is 5.92 Å². The normalized spacial score (nSPS) is 12.8. The molecule has 3 rings (SSSR count). The lowest BCUT2D eigenvalue weighted by atomic mass is 9.98. The minimum atomic E-state index is -1.18. The van der Waals surface area contributed by atoms with Gasteiger partial charge in [-0.1, -0.05) is 55.5 Å². The molecule has 32 heavy (non-hydrogen) atoms. The highest BCUT2D eigenvalue weighted by Gasteiger charge is 2.29. The Morgan fingerprint density at radius 1 is 0.906 bits per heavy atom. The fourth-order valence-electron chi connectivity index (χ4n) is 3.56. The number of carboxylic acid groups (broad SMARTS) is 1. The van der Waals surface area contributed by atoms with Crippen molar-refractivity contribution < 1.29 is 29.0 Å². The number of hydrogen-bond acceptors (Lipinski definition) is 5. The topological polar surface area (TPSA) is 134 Å². The van der Waals surface area contributed by atoms with Gasteiger partial charge in [-0.2, -0.15) is 0 Å². The summed E-state index contributed by atoms with van der Waals surface area (Å²) in [7, 11) is 0. The lowest BCUT2D eigenvalue weighted by Gasteiger charge is -2.16.